The van der Waals surface area contributed by atoms with Crippen molar-refractivity contribution in [3.8, 4) is 5.75 Å². The van der Waals surface area contributed by atoms with Gasteiger partial charge in [0.15, 0.2) is 0 Å². The summed E-state index contributed by atoms with van der Waals surface area (Å²) < 4.78 is 5.40. The van der Waals surface area contributed by atoms with E-state index in [9.17, 15) is 9.90 Å². The third-order valence-corrected chi connectivity index (χ3v) is 1.99. The fraction of sp³-hybridized carbons (Fsp3) is 0.545. The van der Waals surface area contributed by atoms with Crippen LogP contribution in [-0.2, 0) is 12.8 Å². The Morgan fingerprint density at radius 2 is 2.14 bits per heavy atom. The molecule has 0 aromatic carbocycles. The zero-order chi connectivity index (χ0) is 10.7. The molecule has 0 aliphatic rings. The molecule has 0 radical (unpaired) electrons. The molecule has 1 aromatic heterocycles. The molecule has 0 atom stereocenters. The second-order valence-electron chi connectivity index (χ2n) is 3.80. The van der Waals surface area contributed by atoms with Crippen LogP contribution in [0.15, 0.2) is 15.3 Å². The minimum atomic E-state index is -0.344. The average Bonchev–Trinajstić information content (AvgIpc) is 2.11. The maximum atomic E-state index is 11.3. The molecule has 14 heavy (non-hydrogen) atoms. The lowest BCUT2D eigenvalue weighted by Gasteiger charge is -2.07. The van der Waals surface area contributed by atoms with Gasteiger partial charge in [-0.05, 0) is 5.92 Å². The number of hydrogen-bond donors (Lipinski definition) is 1. The SMILES string of the molecule is CCc1cc(=O)c(O)c(CC(C)C)o1. The van der Waals surface area contributed by atoms with E-state index in [2.05, 4.69) is 0 Å². The van der Waals surface area contributed by atoms with Crippen LogP contribution in [0.3, 0.4) is 0 Å². The minimum Gasteiger partial charge on any atom is -0.502 e. The van der Waals surface area contributed by atoms with E-state index < -0.39 is 0 Å². The van der Waals surface area contributed by atoms with E-state index in [1.54, 1.807) is 0 Å². The quantitative estimate of drug-likeness (QED) is 0.805. The highest BCUT2D eigenvalue weighted by molar-refractivity contribution is 5.25. The Morgan fingerprint density at radius 3 is 2.64 bits per heavy atom. The van der Waals surface area contributed by atoms with Crippen LogP contribution in [0.2, 0.25) is 0 Å². The van der Waals surface area contributed by atoms with Crippen LogP contribution in [0.5, 0.6) is 5.75 Å². The van der Waals surface area contributed by atoms with E-state index in [1.165, 1.54) is 6.07 Å². The monoisotopic (exact) mass is 196 g/mol. The molecule has 0 amide bonds. The van der Waals surface area contributed by atoms with E-state index in [0.29, 0.717) is 30.3 Å². The van der Waals surface area contributed by atoms with Gasteiger partial charge in [0.05, 0.1) is 0 Å². The predicted octanol–water partition coefficient (Wildman–Crippen LogP) is 2.11. The standard InChI is InChI=1S/C11H16O3/c1-4-8-6-9(12)11(13)10(14-8)5-7(2)3/h6-7,13H,4-5H2,1-3H3. The Morgan fingerprint density at radius 1 is 1.50 bits per heavy atom. The molecule has 0 aliphatic carbocycles. The summed E-state index contributed by atoms with van der Waals surface area (Å²) in [7, 11) is 0. The van der Waals surface area contributed by atoms with Gasteiger partial charge in [-0.25, -0.2) is 0 Å². The summed E-state index contributed by atoms with van der Waals surface area (Å²) in [6.45, 7) is 5.94. The summed E-state index contributed by atoms with van der Waals surface area (Å²) >= 11 is 0. The molecule has 0 bridgehead atoms. The molecule has 3 heteroatoms. The van der Waals surface area contributed by atoms with Gasteiger partial charge in [-0.2, -0.15) is 0 Å². The molecule has 1 aromatic rings. The van der Waals surface area contributed by atoms with Gasteiger partial charge in [0.25, 0.3) is 0 Å². The fourth-order valence-corrected chi connectivity index (χ4v) is 1.27. The molecule has 0 saturated carbocycles. The van der Waals surface area contributed by atoms with Gasteiger partial charge >= 0.3 is 0 Å². The summed E-state index contributed by atoms with van der Waals surface area (Å²) in [5, 5.41) is 9.46. The number of aromatic hydroxyl groups is 1. The first-order chi connectivity index (χ1) is 6.54. The van der Waals surface area contributed by atoms with E-state index >= 15 is 0 Å². The molecular weight excluding hydrogens is 180 g/mol. The van der Waals surface area contributed by atoms with E-state index in [1.807, 2.05) is 20.8 Å². The van der Waals surface area contributed by atoms with Crippen LogP contribution in [0.25, 0.3) is 0 Å². The Balaban J connectivity index is 3.14. The van der Waals surface area contributed by atoms with E-state index in [4.69, 9.17) is 4.42 Å². The normalized spacial score (nSPS) is 10.9. The lowest BCUT2D eigenvalue weighted by Crippen LogP contribution is -2.06. The van der Waals surface area contributed by atoms with Gasteiger partial charge in [0.2, 0.25) is 11.2 Å². The first kappa shape index (κ1) is 10.8. The molecule has 1 N–H and O–H groups in total. The Labute approximate surface area is 83.4 Å². The molecule has 0 spiro atoms. The number of rotatable bonds is 3. The third-order valence-electron chi connectivity index (χ3n) is 1.99. The van der Waals surface area contributed by atoms with E-state index in [-0.39, 0.29) is 11.2 Å². The van der Waals surface area contributed by atoms with Crippen LogP contribution in [0, 0.1) is 5.92 Å². The van der Waals surface area contributed by atoms with Crippen LogP contribution < -0.4 is 5.43 Å². The molecule has 0 saturated heterocycles. The van der Waals surface area contributed by atoms with Gasteiger partial charge in [-0.1, -0.05) is 20.8 Å². The van der Waals surface area contributed by atoms with Crippen molar-refractivity contribution in [1.29, 1.82) is 0 Å². The maximum absolute atomic E-state index is 11.3. The second kappa shape index (κ2) is 4.31. The van der Waals surface area contributed by atoms with E-state index in [0.717, 1.165) is 0 Å². The van der Waals surface area contributed by atoms with Crippen LogP contribution in [-0.4, -0.2) is 5.11 Å². The van der Waals surface area contributed by atoms with Gasteiger partial charge in [-0.15, -0.1) is 0 Å². The molecule has 0 fully saturated rings. The van der Waals surface area contributed by atoms with Crippen LogP contribution in [0.1, 0.15) is 32.3 Å². The van der Waals surface area contributed by atoms with Gasteiger partial charge < -0.3 is 9.52 Å². The fourth-order valence-electron chi connectivity index (χ4n) is 1.27. The first-order valence-electron chi connectivity index (χ1n) is 4.89. The molecule has 0 unspecified atom stereocenters. The topological polar surface area (TPSA) is 50.4 Å². The Bertz CT molecular complexity index is 363. The minimum absolute atomic E-state index is 0.240. The van der Waals surface area contributed by atoms with Crippen molar-refractivity contribution in [2.45, 2.75) is 33.6 Å². The van der Waals surface area contributed by atoms with Crippen molar-refractivity contribution >= 4 is 0 Å². The van der Waals surface area contributed by atoms with Crippen molar-refractivity contribution in [2.75, 3.05) is 0 Å². The molecule has 3 nitrogen and oxygen atoms in total. The maximum Gasteiger partial charge on any atom is 0.227 e. The largest absolute Gasteiger partial charge is 0.502 e. The lowest BCUT2D eigenvalue weighted by atomic mass is 10.1. The molecule has 1 rings (SSSR count). The smallest absolute Gasteiger partial charge is 0.227 e. The highest BCUT2D eigenvalue weighted by Crippen LogP contribution is 2.17. The molecular formula is C11H16O3. The summed E-state index contributed by atoms with van der Waals surface area (Å²) in [5.41, 5.74) is -0.344. The molecule has 78 valence electrons. The molecule has 1 heterocycles. The summed E-state index contributed by atoms with van der Waals surface area (Å²) in [5.74, 6) is 1.15. The average molecular weight is 196 g/mol. The van der Waals surface area contributed by atoms with Gasteiger partial charge in [0, 0.05) is 18.9 Å². The number of aryl methyl sites for hydroxylation is 1. The Kier molecular flexibility index (Phi) is 3.33. The zero-order valence-corrected chi connectivity index (χ0v) is 8.83. The lowest BCUT2D eigenvalue weighted by molar-refractivity contribution is 0.368. The van der Waals surface area contributed by atoms with Crippen LogP contribution in [0.4, 0.5) is 0 Å². The van der Waals surface area contributed by atoms with Crippen molar-refractivity contribution in [2.24, 2.45) is 5.92 Å². The predicted molar refractivity (Wildman–Crippen MR) is 54.6 cm³/mol. The van der Waals surface area contributed by atoms with Crippen molar-refractivity contribution in [1.82, 2.24) is 0 Å². The van der Waals surface area contributed by atoms with Gasteiger partial charge in [0.1, 0.15) is 11.5 Å². The van der Waals surface area contributed by atoms with Gasteiger partial charge in [-0.3, -0.25) is 4.79 Å². The zero-order valence-electron chi connectivity index (χ0n) is 8.83. The summed E-state index contributed by atoms with van der Waals surface area (Å²) in [6.07, 6.45) is 1.26. The van der Waals surface area contributed by atoms with Crippen molar-refractivity contribution in [3.63, 3.8) is 0 Å². The summed E-state index contributed by atoms with van der Waals surface area (Å²) in [4.78, 5) is 11.3. The highest BCUT2D eigenvalue weighted by atomic mass is 16.4. The first-order valence-corrected chi connectivity index (χ1v) is 4.89. The highest BCUT2D eigenvalue weighted by Gasteiger charge is 2.11. The van der Waals surface area contributed by atoms with Crippen LogP contribution >= 0.6 is 0 Å². The second-order valence-corrected chi connectivity index (χ2v) is 3.80. The van der Waals surface area contributed by atoms with Crippen molar-refractivity contribution in [3.05, 3.63) is 27.8 Å². The van der Waals surface area contributed by atoms with Crippen molar-refractivity contribution < 1.29 is 9.52 Å². The Hall–Kier alpha value is -1.25. The third kappa shape index (κ3) is 2.37. The molecule has 0 aliphatic heterocycles. The number of hydrogen-bond acceptors (Lipinski definition) is 3. The summed E-state index contributed by atoms with van der Waals surface area (Å²) in [6, 6.07) is 1.35.